The van der Waals surface area contributed by atoms with Crippen LogP contribution in [0.3, 0.4) is 0 Å². The maximum absolute atomic E-state index is 12.4. The standard InChI is InChI=1S/C21H20F2N2O6S/c1-29-14-9-11(5-7-13(14)31-21(22)23)6-8-17(27)30-10-16(26)25-20-18(19(24)28)12-3-2-4-15(12)32-20/h5-9,21H,2-4,10H2,1H3,(H2,24,28)(H,25,26). The molecule has 0 saturated heterocycles. The van der Waals surface area contributed by atoms with Crippen LogP contribution in [-0.4, -0.2) is 38.1 Å². The van der Waals surface area contributed by atoms with Crippen LogP contribution in [0.25, 0.3) is 6.08 Å². The smallest absolute Gasteiger partial charge is 0.387 e. The number of amides is 2. The first kappa shape index (κ1) is 23.2. The lowest BCUT2D eigenvalue weighted by Crippen LogP contribution is -2.22. The summed E-state index contributed by atoms with van der Waals surface area (Å²) >= 11 is 1.30. The van der Waals surface area contributed by atoms with Crippen LogP contribution in [0.1, 0.15) is 32.8 Å². The first-order chi connectivity index (χ1) is 15.3. The number of thiophene rings is 1. The third kappa shape index (κ3) is 5.61. The Kier molecular flexibility index (Phi) is 7.41. The molecule has 32 heavy (non-hydrogen) atoms. The van der Waals surface area contributed by atoms with Crippen molar-refractivity contribution in [1.29, 1.82) is 0 Å². The van der Waals surface area contributed by atoms with Gasteiger partial charge in [-0.2, -0.15) is 8.78 Å². The largest absolute Gasteiger partial charge is 0.493 e. The average molecular weight is 466 g/mol. The molecule has 0 unspecified atom stereocenters. The van der Waals surface area contributed by atoms with Gasteiger partial charge >= 0.3 is 12.6 Å². The lowest BCUT2D eigenvalue weighted by atomic mass is 10.1. The Morgan fingerprint density at radius 1 is 1.25 bits per heavy atom. The number of ether oxygens (including phenoxy) is 3. The number of carbonyl (C=O) groups is 3. The Morgan fingerprint density at radius 2 is 2.03 bits per heavy atom. The molecule has 170 valence electrons. The first-order valence-electron chi connectivity index (χ1n) is 9.50. The van der Waals surface area contributed by atoms with E-state index in [4.69, 9.17) is 15.2 Å². The number of alkyl halides is 2. The van der Waals surface area contributed by atoms with Crippen LogP contribution in [0, 0.1) is 0 Å². The highest BCUT2D eigenvalue weighted by molar-refractivity contribution is 7.17. The molecule has 1 aliphatic rings. The summed E-state index contributed by atoms with van der Waals surface area (Å²) < 4.78 is 39.0. The van der Waals surface area contributed by atoms with Crippen molar-refractivity contribution in [3.05, 3.63) is 45.8 Å². The highest BCUT2D eigenvalue weighted by Gasteiger charge is 2.26. The third-order valence-electron chi connectivity index (χ3n) is 4.58. The molecule has 2 aromatic rings. The van der Waals surface area contributed by atoms with Crippen LogP contribution >= 0.6 is 11.3 Å². The zero-order valence-corrected chi connectivity index (χ0v) is 17.8. The molecule has 0 radical (unpaired) electrons. The lowest BCUT2D eigenvalue weighted by Gasteiger charge is -2.10. The van der Waals surface area contributed by atoms with Gasteiger partial charge < -0.3 is 25.3 Å². The van der Waals surface area contributed by atoms with Gasteiger partial charge in [-0.1, -0.05) is 6.07 Å². The molecule has 8 nitrogen and oxygen atoms in total. The minimum Gasteiger partial charge on any atom is -0.493 e. The van der Waals surface area contributed by atoms with Gasteiger partial charge in [0.15, 0.2) is 18.1 Å². The zero-order valence-electron chi connectivity index (χ0n) is 17.0. The van der Waals surface area contributed by atoms with Gasteiger partial charge in [0.1, 0.15) is 5.00 Å². The van der Waals surface area contributed by atoms with Crippen LogP contribution in [0.2, 0.25) is 0 Å². The van der Waals surface area contributed by atoms with E-state index in [1.54, 1.807) is 0 Å². The van der Waals surface area contributed by atoms with Crippen molar-refractivity contribution >= 4 is 40.2 Å². The molecular weight excluding hydrogens is 446 g/mol. The number of rotatable bonds is 9. The predicted octanol–water partition coefficient (Wildman–Crippen LogP) is 3.14. The second-order valence-corrected chi connectivity index (χ2v) is 7.81. The highest BCUT2D eigenvalue weighted by Crippen LogP contribution is 2.38. The maximum atomic E-state index is 12.4. The molecule has 2 amide bonds. The molecule has 3 N–H and O–H groups in total. The molecule has 1 aromatic carbocycles. The van der Waals surface area contributed by atoms with E-state index in [0.29, 0.717) is 16.1 Å². The summed E-state index contributed by atoms with van der Waals surface area (Å²) in [6.07, 6.45) is 4.94. The van der Waals surface area contributed by atoms with E-state index in [1.807, 2.05) is 0 Å². The van der Waals surface area contributed by atoms with Gasteiger partial charge in [-0.05, 0) is 48.6 Å². The Balaban J connectivity index is 1.56. The summed E-state index contributed by atoms with van der Waals surface area (Å²) in [5, 5.41) is 2.93. The summed E-state index contributed by atoms with van der Waals surface area (Å²) in [5.41, 5.74) is 7.10. The number of hydrogen-bond donors (Lipinski definition) is 2. The monoisotopic (exact) mass is 466 g/mol. The van der Waals surface area contributed by atoms with Crippen LogP contribution in [-0.2, 0) is 27.2 Å². The fraction of sp³-hybridized carbons (Fsp3) is 0.286. The quantitative estimate of drug-likeness (QED) is 0.433. The molecule has 0 fully saturated rings. The molecule has 1 heterocycles. The number of hydrogen-bond acceptors (Lipinski definition) is 7. The number of methoxy groups -OCH3 is 1. The zero-order chi connectivity index (χ0) is 23.3. The molecule has 1 aromatic heterocycles. The third-order valence-corrected chi connectivity index (χ3v) is 5.79. The van der Waals surface area contributed by atoms with Crippen LogP contribution in [0.5, 0.6) is 11.5 Å². The van der Waals surface area contributed by atoms with E-state index in [1.165, 1.54) is 42.7 Å². The number of primary amides is 1. The number of halogens is 2. The molecule has 0 bridgehead atoms. The van der Waals surface area contributed by atoms with Gasteiger partial charge in [-0.3, -0.25) is 9.59 Å². The topological polar surface area (TPSA) is 117 Å². The van der Waals surface area contributed by atoms with E-state index in [0.717, 1.165) is 35.8 Å². The van der Waals surface area contributed by atoms with E-state index in [9.17, 15) is 23.2 Å². The van der Waals surface area contributed by atoms with Crippen LogP contribution < -0.4 is 20.5 Å². The number of aryl methyl sites for hydroxylation is 1. The molecule has 0 aliphatic heterocycles. The van der Waals surface area contributed by atoms with Gasteiger partial charge in [0.05, 0.1) is 12.7 Å². The molecule has 3 rings (SSSR count). The lowest BCUT2D eigenvalue weighted by molar-refractivity contribution is -0.142. The second-order valence-electron chi connectivity index (χ2n) is 6.70. The fourth-order valence-corrected chi connectivity index (χ4v) is 4.56. The summed E-state index contributed by atoms with van der Waals surface area (Å²) in [7, 11) is 1.29. The number of benzene rings is 1. The van der Waals surface area contributed by atoms with Crippen LogP contribution in [0.4, 0.5) is 13.8 Å². The van der Waals surface area contributed by atoms with E-state index in [-0.39, 0.29) is 11.5 Å². The predicted molar refractivity (Wildman–Crippen MR) is 113 cm³/mol. The van der Waals surface area contributed by atoms with Crippen molar-refractivity contribution < 1.29 is 37.4 Å². The van der Waals surface area contributed by atoms with Crippen molar-refractivity contribution in [1.82, 2.24) is 0 Å². The average Bonchev–Trinajstić information content (AvgIpc) is 3.31. The fourth-order valence-electron chi connectivity index (χ4n) is 3.25. The van der Waals surface area contributed by atoms with Gasteiger partial charge in [0.2, 0.25) is 0 Å². The maximum Gasteiger partial charge on any atom is 0.387 e. The second kappa shape index (κ2) is 10.2. The van der Waals surface area contributed by atoms with E-state index < -0.39 is 31.0 Å². The Bertz CT molecular complexity index is 1070. The molecule has 0 atom stereocenters. The van der Waals surface area contributed by atoms with Crippen molar-refractivity contribution in [3.63, 3.8) is 0 Å². The van der Waals surface area contributed by atoms with Crippen molar-refractivity contribution in [3.8, 4) is 11.5 Å². The Hall–Kier alpha value is -3.47. The minimum atomic E-state index is -3.00. The molecule has 0 spiro atoms. The summed E-state index contributed by atoms with van der Waals surface area (Å²) in [6, 6.07) is 4.12. The molecule has 1 aliphatic carbocycles. The van der Waals surface area contributed by atoms with Crippen molar-refractivity contribution in [2.45, 2.75) is 25.9 Å². The first-order valence-corrected chi connectivity index (χ1v) is 10.3. The van der Waals surface area contributed by atoms with Crippen LogP contribution in [0.15, 0.2) is 24.3 Å². The number of nitrogens with one attached hydrogen (secondary N) is 1. The normalized spacial score (nSPS) is 12.6. The number of esters is 1. The minimum absolute atomic E-state index is 0.0632. The van der Waals surface area contributed by atoms with Gasteiger partial charge in [0.25, 0.3) is 11.8 Å². The van der Waals surface area contributed by atoms with Crippen molar-refractivity contribution in [2.24, 2.45) is 5.73 Å². The molecule has 11 heteroatoms. The number of anilines is 1. The van der Waals surface area contributed by atoms with Crippen molar-refractivity contribution in [2.75, 3.05) is 19.0 Å². The number of fused-ring (bicyclic) bond motifs is 1. The SMILES string of the molecule is COc1cc(C=CC(=O)OCC(=O)Nc2sc3c(c2C(N)=O)CCC3)ccc1OC(F)F. The Morgan fingerprint density at radius 3 is 2.72 bits per heavy atom. The van der Waals surface area contributed by atoms with Gasteiger partial charge in [-0.25, -0.2) is 4.79 Å². The summed E-state index contributed by atoms with van der Waals surface area (Å²) in [4.78, 5) is 36.8. The highest BCUT2D eigenvalue weighted by atomic mass is 32.1. The molecular formula is C21H20F2N2O6S. The number of carbonyl (C=O) groups excluding carboxylic acids is 3. The van der Waals surface area contributed by atoms with E-state index in [2.05, 4.69) is 10.1 Å². The van der Waals surface area contributed by atoms with Gasteiger partial charge in [-0.15, -0.1) is 11.3 Å². The summed E-state index contributed by atoms with van der Waals surface area (Å²) in [6.45, 7) is -3.56. The Labute approximate surface area is 185 Å². The van der Waals surface area contributed by atoms with Gasteiger partial charge in [0, 0.05) is 11.0 Å². The summed E-state index contributed by atoms with van der Waals surface area (Å²) in [5.74, 6) is -2.10. The van der Waals surface area contributed by atoms with E-state index >= 15 is 0 Å². The molecule has 0 saturated carbocycles. The number of nitrogens with two attached hydrogens (primary N) is 1.